The Morgan fingerprint density at radius 3 is 2.03 bits per heavy atom. The van der Waals surface area contributed by atoms with Gasteiger partial charge in [0, 0.05) is 90.6 Å². The second-order valence-electron chi connectivity index (χ2n) is 18.9. The molecule has 0 saturated heterocycles. The van der Waals surface area contributed by atoms with Gasteiger partial charge in [-0.3, -0.25) is 19.0 Å². The van der Waals surface area contributed by atoms with Gasteiger partial charge >= 0.3 is 0 Å². The van der Waals surface area contributed by atoms with Crippen LogP contribution >= 0.6 is 0 Å². The summed E-state index contributed by atoms with van der Waals surface area (Å²) in [5.74, 6) is -3.12. The van der Waals surface area contributed by atoms with Crippen LogP contribution in [-0.2, 0) is 19.6 Å². The standard InChI is InChI=1S/C49H46F3N9O2/c1-48(12-5-6-13-48)26-60-24-32(21-54-60)35-17-39(50)41(20-53)56-42(35)29-9-10-34-38(16-29)47(63)59(4)44(34)30-11-14-49(2,19-30)27-61-25-33(22-55-61)36-18-40(51)45(52)57-43(36)28-7-8-31-23-58(3)46(62)37(31)15-28/h7-10,15-18,21-22,24-25,30,44H,5-6,11-14,19,23,26-27H2,1-4H3. The van der Waals surface area contributed by atoms with E-state index in [0.29, 0.717) is 63.3 Å². The number of rotatable bonds is 9. The monoisotopic (exact) mass is 849 g/mol. The van der Waals surface area contributed by atoms with Gasteiger partial charge in [0.2, 0.25) is 5.95 Å². The zero-order valence-electron chi connectivity index (χ0n) is 35.6. The van der Waals surface area contributed by atoms with Crippen LogP contribution in [0.2, 0.25) is 0 Å². The second kappa shape index (κ2) is 15.0. The third-order valence-electron chi connectivity index (χ3n) is 14.1. The topological polar surface area (TPSA) is 126 Å². The summed E-state index contributed by atoms with van der Waals surface area (Å²) in [6.07, 6.45) is 14.3. The molecule has 2 saturated carbocycles. The van der Waals surface area contributed by atoms with Crippen LogP contribution < -0.4 is 0 Å². The number of aromatic nitrogens is 6. The Hall–Kier alpha value is -6.62. The lowest BCUT2D eigenvalue weighted by molar-refractivity contribution is 0.0719. The highest BCUT2D eigenvalue weighted by atomic mass is 19.2. The molecule has 6 heterocycles. The van der Waals surface area contributed by atoms with Gasteiger partial charge in [-0.05, 0) is 84.2 Å². The van der Waals surface area contributed by atoms with Crippen molar-refractivity contribution in [3.05, 3.63) is 119 Å². The minimum absolute atomic E-state index is 0.111. The fourth-order valence-electron chi connectivity index (χ4n) is 10.9. The van der Waals surface area contributed by atoms with E-state index >= 15 is 4.39 Å². The van der Waals surface area contributed by atoms with Crippen molar-refractivity contribution < 1.29 is 22.8 Å². The largest absolute Gasteiger partial charge is 0.337 e. The number of fused-ring (bicyclic) bond motifs is 2. The molecular weight excluding hydrogens is 804 g/mol. The quantitative estimate of drug-likeness (QED) is 0.133. The molecule has 10 rings (SSSR count). The van der Waals surface area contributed by atoms with Gasteiger partial charge < -0.3 is 9.80 Å². The predicted octanol–water partition coefficient (Wildman–Crippen LogP) is 9.63. The Morgan fingerprint density at radius 2 is 1.35 bits per heavy atom. The van der Waals surface area contributed by atoms with Crippen LogP contribution in [0.15, 0.2) is 73.3 Å². The van der Waals surface area contributed by atoms with Crippen LogP contribution in [0, 0.1) is 45.7 Å². The molecule has 2 amide bonds. The van der Waals surface area contributed by atoms with Crippen LogP contribution in [0.4, 0.5) is 13.2 Å². The van der Waals surface area contributed by atoms with Gasteiger partial charge in [0.15, 0.2) is 17.3 Å². The maximum absolute atomic E-state index is 15.2. The highest BCUT2D eigenvalue weighted by Gasteiger charge is 2.46. The number of pyridine rings is 2. The van der Waals surface area contributed by atoms with Gasteiger partial charge in [0.05, 0.1) is 29.8 Å². The zero-order chi connectivity index (χ0) is 43.9. The van der Waals surface area contributed by atoms with Gasteiger partial charge in [0.1, 0.15) is 6.07 Å². The molecule has 2 fully saturated rings. The first kappa shape index (κ1) is 40.5. The lowest BCUT2D eigenvalue weighted by Gasteiger charge is -2.29. The molecule has 11 nitrogen and oxygen atoms in total. The molecule has 14 heteroatoms. The Morgan fingerprint density at radius 1 is 0.730 bits per heavy atom. The number of hydrogen-bond donors (Lipinski definition) is 0. The fourth-order valence-corrected chi connectivity index (χ4v) is 10.9. The predicted molar refractivity (Wildman–Crippen MR) is 229 cm³/mol. The van der Waals surface area contributed by atoms with E-state index in [1.54, 1.807) is 36.5 Å². The number of benzene rings is 2. The molecule has 0 bridgehead atoms. The summed E-state index contributed by atoms with van der Waals surface area (Å²) in [6.45, 7) is 6.28. The van der Waals surface area contributed by atoms with Crippen molar-refractivity contribution in [1.29, 1.82) is 5.26 Å². The molecule has 0 N–H and O–H groups in total. The van der Waals surface area contributed by atoms with Crippen molar-refractivity contribution in [1.82, 2.24) is 39.3 Å². The number of carbonyl (C=O) groups excluding carboxylic acids is 2. The number of halogens is 3. The van der Waals surface area contributed by atoms with E-state index in [0.717, 1.165) is 55.8 Å². The minimum atomic E-state index is -1.22. The van der Waals surface area contributed by atoms with Crippen LogP contribution in [0.25, 0.3) is 44.8 Å². The van der Waals surface area contributed by atoms with E-state index in [1.165, 1.54) is 18.9 Å². The zero-order valence-corrected chi connectivity index (χ0v) is 35.6. The lowest BCUT2D eigenvalue weighted by Crippen LogP contribution is -2.29. The number of carbonyl (C=O) groups is 2. The molecule has 0 radical (unpaired) electrons. The summed E-state index contributed by atoms with van der Waals surface area (Å²) in [5, 5.41) is 19.0. The van der Waals surface area contributed by atoms with E-state index in [4.69, 9.17) is 0 Å². The van der Waals surface area contributed by atoms with Crippen molar-refractivity contribution >= 4 is 11.8 Å². The van der Waals surface area contributed by atoms with Crippen molar-refractivity contribution in [2.24, 2.45) is 16.7 Å². The molecule has 2 aromatic carbocycles. The Kier molecular flexibility index (Phi) is 9.65. The molecule has 63 heavy (non-hydrogen) atoms. The van der Waals surface area contributed by atoms with E-state index in [9.17, 15) is 23.6 Å². The molecule has 320 valence electrons. The number of nitriles is 1. The van der Waals surface area contributed by atoms with E-state index in [1.807, 2.05) is 64.0 Å². The molecule has 3 atom stereocenters. The molecule has 2 aliphatic carbocycles. The summed E-state index contributed by atoms with van der Waals surface area (Å²) >= 11 is 0. The summed E-state index contributed by atoms with van der Waals surface area (Å²) < 4.78 is 48.4. The highest BCUT2D eigenvalue weighted by Crippen LogP contribution is 2.52. The lowest BCUT2D eigenvalue weighted by atomic mass is 9.84. The first-order chi connectivity index (χ1) is 30.2. The Bertz CT molecular complexity index is 2910. The molecular formula is C49H46F3N9O2. The SMILES string of the molecule is CN1Cc2ccc(-c3nc(F)c(F)cc3-c3cnn(CC4(C)CCC(C5c6ccc(-c7nc(C#N)c(F)cc7-c7cnn(CC8(C)CCCC8)c7)cc6C(=O)N5C)C4)c3)cc2C1=O. The van der Waals surface area contributed by atoms with Gasteiger partial charge in [-0.25, -0.2) is 18.7 Å². The maximum Gasteiger partial charge on any atom is 0.254 e. The van der Waals surface area contributed by atoms with Crippen molar-refractivity contribution in [3.63, 3.8) is 0 Å². The third kappa shape index (κ3) is 7.07. The summed E-state index contributed by atoms with van der Waals surface area (Å²) in [7, 11) is 3.55. The smallest absolute Gasteiger partial charge is 0.254 e. The third-order valence-corrected chi connectivity index (χ3v) is 14.1. The highest BCUT2D eigenvalue weighted by molar-refractivity contribution is 6.01. The van der Waals surface area contributed by atoms with Crippen LogP contribution in [-0.4, -0.2) is 65.2 Å². The van der Waals surface area contributed by atoms with Gasteiger partial charge in [-0.2, -0.15) is 19.8 Å². The molecule has 2 aliphatic heterocycles. The van der Waals surface area contributed by atoms with Crippen molar-refractivity contribution in [2.75, 3.05) is 14.1 Å². The Labute approximate surface area is 363 Å². The number of amides is 2. The summed E-state index contributed by atoms with van der Waals surface area (Å²) in [6, 6.07) is 15.2. The first-order valence-electron chi connectivity index (χ1n) is 21.5. The molecule has 4 aliphatic rings. The van der Waals surface area contributed by atoms with Crippen molar-refractivity contribution in [3.8, 4) is 50.8 Å². The maximum atomic E-state index is 15.2. The number of nitrogens with zero attached hydrogens (tertiary/aromatic N) is 9. The average Bonchev–Trinajstić information content (AvgIpc) is 4.14. The van der Waals surface area contributed by atoms with Crippen LogP contribution in [0.5, 0.6) is 0 Å². The first-order valence-corrected chi connectivity index (χ1v) is 21.5. The van der Waals surface area contributed by atoms with Crippen LogP contribution in [0.3, 0.4) is 0 Å². The van der Waals surface area contributed by atoms with E-state index in [2.05, 4.69) is 34.0 Å². The molecule has 0 spiro atoms. The van der Waals surface area contributed by atoms with Gasteiger partial charge in [0.25, 0.3) is 11.8 Å². The fraction of sp³-hybridized carbons (Fsp3) is 0.367. The molecule has 4 aromatic heterocycles. The molecule has 6 aromatic rings. The minimum Gasteiger partial charge on any atom is -0.337 e. The average molecular weight is 850 g/mol. The summed E-state index contributed by atoms with van der Waals surface area (Å²) in [4.78, 5) is 38.7. The van der Waals surface area contributed by atoms with Crippen LogP contribution in [0.1, 0.15) is 102 Å². The second-order valence-corrected chi connectivity index (χ2v) is 18.9. The van der Waals surface area contributed by atoms with Gasteiger partial charge in [-0.15, -0.1) is 0 Å². The van der Waals surface area contributed by atoms with Gasteiger partial charge in [-0.1, -0.05) is 51.0 Å². The normalized spacial score (nSPS) is 21.4. The summed E-state index contributed by atoms with van der Waals surface area (Å²) in [5.41, 5.74) is 6.37. The Balaban J connectivity index is 0.895. The number of hydrogen-bond acceptors (Lipinski definition) is 7. The molecule has 3 unspecified atom stereocenters. The van der Waals surface area contributed by atoms with Crippen molar-refractivity contribution in [2.45, 2.75) is 84.5 Å². The van der Waals surface area contributed by atoms with E-state index in [-0.39, 0.29) is 46.0 Å². The van der Waals surface area contributed by atoms with E-state index < -0.39 is 17.6 Å².